The van der Waals surface area contributed by atoms with Crippen molar-refractivity contribution in [3.63, 3.8) is 0 Å². The second-order valence-corrected chi connectivity index (χ2v) is 12.3. The largest absolute Gasteiger partial charge is 0.491 e. The van der Waals surface area contributed by atoms with Gasteiger partial charge in [0.15, 0.2) is 0 Å². The number of nitrogens with one attached hydrogen (secondary N) is 1. The van der Waals surface area contributed by atoms with Crippen molar-refractivity contribution < 1.29 is 17.9 Å². The Morgan fingerprint density at radius 1 is 1.12 bits per heavy atom. The number of amides is 1. The van der Waals surface area contributed by atoms with E-state index in [2.05, 4.69) is 26.1 Å². The minimum absolute atomic E-state index is 0.0505. The van der Waals surface area contributed by atoms with Crippen LogP contribution in [0.25, 0.3) is 0 Å². The van der Waals surface area contributed by atoms with Crippen LogP contribution < -0.4 is 10.1 Å². The summed E-state index contributed by atoms with van der Waals surface area (Å²) in [4.78, 5) is 12.7. The number of carbonyl (C=O) groups is 1. The second kappa shape index (κ2) is 11.3. The summed E-state index contributed by atoms with van der Waals surface area (Å²) in [6.45, 7) is 7.57. The van der Waals surface area contributed by atoms with Gasteiger partial charge in [0.05, 0.1) is 18.2 Å². The highest BCUT2D eigenvalue weighted by Crippen LogP contribution is 2.31. The second-order valence-electron chi connectivity index (χ2n) is 9.54. The number of carbonyl (C=O) groups excluding carboxylic acids is 1. The van der Waals surface area contributed by atoms with Gasteiger partial charge in [0, 0.05) is 28.7 Å². The first-order valence-corrected chi connectivity index (χ1v) is 13.8. The van der Waals surface area contributed by atoms with E-state index in [1.807, 2.05) is 24.3 Å². The minimum Gasteiger partial charge on any atom is -0.491 e. The van der Waals surface area contributed by atoms with Crippen LogP contribution in [0.5, 0.6) is 5.75 Å². The molecule has 2 aromatic carbocycles. The monoisotopic (exact) mass is 526 g/mol. The molecule has 1 amide bonds. The van der Waals surface area contributed by atoms with Crippen molar-refractivity contribution in [2.24, 2.45) is 5.92 Å². The average Bonchev–Trinajstić information content (AvgIpc) is 2.79. The van der Waals surface area contributed by atoms with Crippen LogP contribution in [0.2, 0.25) is 10.0 Å². The van der Waals surface area contributed by atoms with E-state index in [1.54, 1.807) is 18.2 Å². The van der Waals surface area contributed by atoms with Crippen molar-refractivity contribution in [1.82, 2.24) is 9.62 Å². The minimum atomic E-state index is -3.67. The van der Waals surface area contributed by atoms with Gasteiger partial charge in [-0.25, -0.2) is 12.7 Å². The lowest BCUT2D eigenvalue weighted by Crippen LogP contribution is -2.46. The van der Waals surface area contributed by atoms with E-state index in [-0.39, 0.29) is 23.6 Å². The number of para-hydroxylation sites is 1. The molecule has 0 bridgehead atoms. The zero-order valence-corrected chi connectivity index (χ0v) is 22.1. The molecular weight excluding hydrogens is 495 g/mol. The first-order chi connectivity index (χ1) is 16.0. The third-order valence-corrected chi connectivity index (χ3v) is 8.37. The van der Waals surface area contributed by atoms with Crippen molar-refractivity contribution in [3.05, 3.63) is 63.6 Å². The Hall–Kier alpha value is -1.80. The fraction of sp³-hybridized carbons (Fsp3) is 0.480. The van der Waals surface area contributed by atoms with E-state index in [0.717, 1.165) is 11.3 Å². The highest BCUT2D eigenvalue weighted by molar-refractivity contribution is 7.88. The average molecular weight is 528 g/mol. The number of benzene rings is 2. The Bertz CT molecular complexity index is 1100. The lowest BCUT2D eigenvalue weighted by Gasteiger charge is -2.31. The molecule has 1 fully saturated rings. The summed E-state index contributed by atoms with van der Waals surface area (Å²) in [6.07, 6.45) is 1.25. The van der Waals surface area contributed by atoms with Gasteiger partial charge < -0.3 is 10.1 Å². The Morgan fingerprint density at radius 2 is 1.79 bits per heavy atom. The maximum absolute atomic E-state index is 13.0. The Labute approximate surface area is 212 Å². The standard InChI is InChI=1S/C25H32Cl2N2O4S/c1-25(2,3)20-9-4-5-12-23(20)33-15-13-28-24(30)18-8-7-14-29(16-18)34(31,32)17-19-21(26)10-6-11-22(19)27/h4-6,9-12,18H,7-8,13-17H2,1-3H3,(H,28,30)/t18-/m1/s1. The molecule has 1 heterocycles. The smallest absolute Gasteiger partial charge is 0.224 e. The summed E-state index contributed by atoms with van der Waals surface area (Å²) in [6, 6.07) is 12.8. The zero-order chi connectivity index (χ0) is 24.9. The van der Waals surface area contributed by atoms with Gasteiger partial charge in [-0.15, -0.1) is 0 Å². The number of hydrogen-bond acceptors (Lipinski definition) is 4. The van der Waals surface area contributed by atoms with E-state index < -0.39 is 15.9 Å². The third-order valence-electron chi connectivity index (χ3n) is 5.89. The quantitative estimate of drug-likeness (QED) is 0.489. The van der Waals surface area contributed by atoms with Crippen LogP contribution >= 0.6 is 23.2 Å². The lowest BCUT2D eigenvalue weighted by molar-refractivity contribution is -0.126. The number of nitrogens with zero attached hydrogens (tertiary/aromatic N) is 1. The predicted molar refractivity (Wildman–Crippen MR) is 137 cm³/mol. The molecular formula is C25H32Cl2N2O4S. The van der Waals surface area contributed by atoms with Gasteiger partial charge in [-0.3, -0.25) is 4.79 Å². The SMILES string of the molecule is CC(C)(C)c1ccccc1OCCNC(=O)[C@@H]1CCCN(S(=O)(=O)Cc2c(Cl)cccc2Cl)C1. The molecule has 0 aliphatic carbocycles. The fourth-order valence-electron chi connectivity index (χ4n) is 4.04. The summed E-state index contributed by atoms with van der Waals surface area (Å²) in [7, 11) is -3.67. The van der Waals surface area contributed by atoms with Gasteiger partial charge in [-0.1, -0.05) is 68.2 Å². The van der Waals surface area contributed by atoms with Crippen LogP contribution in [-0.4, -0.2) is 44.9 Å². The van der Waals surface area contributed by atoms with Crippen LogP contribution in [0, 0.1) is 5.92 Å². The van der Waals surface area contributed by atoms with Crippen LogP contribution in [0.1, 0.15) is 44.7 Å². The molecule has 0 saturated carbocycles. The molecule has 1 saturated heterocycles. The van der Waals surface area contributed by atoms with Crippen molar-refractivity contribution in [2.75, 3.05) is 26.2 Å². The Balaban J connectivity index is 1.54. The summed E-state index contributed by atoms with van der Waals surface area (Å²) in [5.74, 6) is -0.0613. The van der Waals surface area contributed by atoms with E-state index in [1.165, 1.54) is 4.31 Å². The number of hydrogen-bond donors (Lipinski definition) is 1. The van der Waals surface area contributed by atoms with Crippen molar-refractivity contribution in [2.45, 2.75) is 44.8 Å². The molecule has 0 aromatic heterocycles. The molecule has 6 nitrogen and oxygen atoms in total. The fourth-order valence-corrected chi connectivity index (χ4v) is 6.41. The van der Waals surface area contributed by atoms with Crippen molar-refractivity contribution in [3.8, 4) is 5.75 Å². The van der Waals surface area contributed by atoms with Gasteiger partial charge in [0.25, 0.3) is 0 Å². The van der Waals surface area contributed by atoms with Gasteiger partial charge >= 0.3 is 0 Å². The molecule has 1 atom stereocenters. The first kappa shape index (κ1) is 26.8. The summed E-state index contributed by atoms with van der Waals surface area (Å²) in [5.41, 5.74) is 1.43. The number of rotatable bonds is 8. The van der Waals surface area contributed by atoms with E-state index in [4.69, 9.17) is 27.9 Å². The summed E-state index contributed by atoms with van der Waals surface area (Å²) in [5, 5.41) is 3.52. The molecule has 0 unspecified atom stereocenters. The summed E-state index contributed by atoms with van der Waals surface area (Å²) < 4.78 is 33.3. The molecule has 2 aromatic rings. The van der Waals surface area contributed by atoms with Crippen molar-refractivity contribution >= 4 is 39.1 Å². The number of sulfonamides is 1. The zero-order valence-electron chi connectivity index (χ0n) is 19.8. The lowest BCUT2D eigenvalue weighted by atomic mass is 9.86. The van der Waals surface area contributed by atoms with E-state index in [9.17, 15) is 13.2 Å². The molecule has 0 radical (unpaired) electrons. The number of ether oxygens (including phenoxy) is 1. The van der Waals surface area contributed by atoms with Gasteiger partial charge in [-0.05, 0) is 42.0 Å². The van der Waals surface area contributed by atoms with Crippen LogP contribution in [0.3, 0.4) is 0 Å². The third kappa shape index (κ3) is 6.87. The van der Waals surface area contributed by atoms with Gasteiger partial charge in [-0.2, -0.15) is 0 Å². The van der Waals surface area contributed by atoms with Gasteiger partial charge in [0.2, 0.25) is 15.9 Å². The molecule has 186 valence electrons. The van der Waals surface area contributed by atoms with Crippen molar-refractivity contribution in [1.29, 1.82) is 0 Å². The van der Waals surface area contributed by atoms with Gasteiger partial charge in [0.1, 0.15) is 12.4 Å². The highest BCUT2D eigenvalue weighted by atomic mass is 35.5. The van der Waals surface area contributed by atoms with Crippen LogP contribution in [0.15, 0.2) is 42.5 Å². The molecule has 34 heavy (non-hydrogen) atoms. The summed E-state index contributed by atoms with van der Waals surface area (Å²) >= 11 is 12.3. The molecule has 1 N–H and O–H groups in total. The molecule has 1 aliphatic heterocycles. The Morgan fingerprint density at radius 3 is 2.47 bits per heavy atom. The first-order valence-electron chi connectivity index (χ1n) is 11.4. The van der Waals surface area contributed by atoms with Crippen LogP contribution in [0.4, 0.5) is 0 Å². The normalized spacial score (nSPS) is 17.4. The molecule has 9 heteroatoms. The molecule has 1 aliphatic rings. The topological polar surface area (TPSA) is 75.7 Å². The predicted octanol–water partition coefficient (Wildman–Crippen LogP) is 5.03. The Kier molecular flexibility index (Phi) is 8.90. The number of piperidine rings is 1. The van der Waals surface area contributed by atoms with E-state index in [0.29, 0.717) is 48.1 Å². The van der Waals surface area contributed by atoms with Crippen LogP contribution in [-0.2, 0) is 26.0 Å². The molecule has 3 rings (SSSR count). The van der Waals surface area contributed by atoms with E-state index >= 15 is 0 Å². The maximum atomic E-state index is 13.0. The molecule has 0 spiro atoms. The maximum Gasteiger partial charge on any atom is 0.224 e. The highest BCUT2D eigenvalue weighted by Gasteiger charge is 2.33. The number of halogens is 2.